The first-order valence-electron chi connectivity index (χ1n) is 4.32. The molecule has 5 heteroatoms. The van der Waals surface area contributed by atoms with E-state index >= 15 is 0 Å². The summed E-state index contributed by atoms with van der Waals surface area (Å²) < 4.78 is 0. The molecule has 0 atom stereocenters. The zero-order valence-electron chi connectivity index (χ0n) is 8.10. The fraction of sp³-hybridized carbons (Fsp3) is 0.333. The van der Waals surface area contributed by atoms with Gasteiger partial charge in [-0.15, -0.1) is 0 Å². The van der Waals surface area contributed by atoms with Crippen molar-refractivity contribution >= 4 is 11.6 Å². The van der Waals surface area contributed by atoms with Gasteiger partial charge in [-0.3, -0.25) is 9.78 Å². The predicted molar refractivity (Wildman–Crippen MR) is 55.1 cm³/mol. The highest BCUT2D eigenvalue weighted by Crippen LogP contribution is 2.11. The van der Waals surface area contributed by atoms with Gasteiger partial charge in [0.1, 0.15) is 5.69 Å². The first kappa shape index (κ1) is 10.5. The maximum atomic E-state index is 10.9. The van der Waals surface area contributed by atoms with Gasteiger partial charge < -0.3 is 16.4 Å². The Morgan fingerprint density at radius 3 is 2.93 bits per heavy atom. The van der Waals surface area contributed by atoms with Crippen LogP contribution in [0.25, 0.3) is 0 Å². The zero-order chi connectivity index (χ0) is 10.6. The second kappa shape index (κ2) is 4.57. The molecule has 0 fully saturated rings. The number of hydrogen-bond acceptors (Lipinski definition) is 4. The van der Waals surface area contributed by atoms with E-state index in [2.05, 4.69) is 4.98 Å². The monoisotopic (exact) mass is 194 g/mol. The van der Waals surface area contributed by atoms with Crippen molar-refractivity contribution in [3.05, 3.63) is 24.0 Å². The van der Waals surface area contributed by atoms with E-state index in [1.165, 1.54) is 0 Å². The number of nitrogens with zero attached hydrogens (tertiary/aromatic N) is 2. The molecule has 4 N–H and O–H groups in total. The molecule has 0 aliphatic heterocycles. The minimum atomic E-state index is -0.520. The van der Waals surface area contributed by atoms with Crippen LogP contribution in [-0.2, 0) is 0 Å². The second-order valence-corrected chi connectivity index (χ2v) is 2.97. The van der Waals surface area contributed by atoms with Gasteiger partial charge in [-0.1, -0.05) is 0 Å². The first-order chi connectivity index (χ1) is 6.65. The Kier molecular flexibility index (Phi) is 3.41. The predicted octanol–water partition coefficient (Wildman–Crippen LogP) is -0.425. The number of nitrogens with two attached hydrogens (primary N) is 2. The van der Waals surface area contributed by atoms with Crippen molar-refractivity contribution in [1.29, 1.82) is 0 Å². The van der Waals surface area contributed by atoms with E-state index in [9.17, 15) is 4.79 Å². The number of pyridine rings is 1. The highest BCUT2D eigenvalue weighted by molar-refractivity contribution is 5.91. The van der Waals surface area contributed by atoms with Crippen molar-refractivity contribution in [3.63, 3.8) is 0 Å². The Balaban J connectivity index is 2.87. The quantitative estimate of drug-likeness (QED) is 0.681. The van der Waals surface area contributed by atoms with Crippen molar-refractivity contribution in [2.75, 3.05) is 25.0 Å². The maximum absolute atomic E-state index is 10.9. The van der Waals surface area contributed by atoms with E-state index in [1.807, 2.05) is 18.0 Å². The van der Waals surface area contributed by atoms with Crippen LogP contribution in [0.3, 0.4) is 0 Å². The molecule has 0 aliphatic carbocycles. The Labute approximate surface area is 82.7 Å². The molecule has 0 radical (unpaired) electrons. The van der Waals surface area contributed by atoms with E-state index in [0.29, 0.717) is 6.54 Å². The Morgan fingerprint density at radius 1 is 1.64 bits per heavy atom. The van der Waals surface area contributed by atoms with Crippen LogP contribution in [0.15, 0.2) is 18.3 Å². The van der Waals surface area contributed by atoms with E-state index in [-0.39, 0.29) is 5.69 Å². The Morgan fingerprint density at radius 2 is 2.36 bits per heavy atom. The van der Waals surface area contributed by atoms with E-state index in [4.69, 9.17) is 11.5 Å². The Bertz CT molecular complexity index is 326. The SMILES string of the molecule is CN(CCN)c1ccnc(C(N)=O)c1. The summed E-state index contributed by atoms with van der Waals surface area (Å²) in [7, 11) is 1.90. The minimum Gasteiger partial charge on any atom is -0.373 e. The molecular formula is C9H14N4O. The third-order valence-corrected chi connectivity index (χ3v) is 1.90. The molecule has 1 aromatic rings. The molecule has 1 heterocycles. The topological polar surface area (TPSA) is 85.2 Å². The normalized spacial score (nSPS) is 9.86. The number of rotatable bonds is 4. The summed E-state index contributed by atoms with van der Waals surface area (Å²) in [5.74, 6) is -0.520. The molecule has 0 aliphatic rings. The average Bonchev–Trinajstić information content (AvgIpc) is 2.18. The minimum absolute atomic E-state index is 0.270. The lowest BCUT2D eigenvalue weighted by molar-refractivity contribution is 0.0995. The number of likely N-dealkylation sites (N-methyl/N-ethyl adjacent to an activating group) is 1. The van der Waals surface area contributed by atoms with Crippen LogP contribution in [0, 0.1) is 0 Å². The summed E-state index contributed by atoms with van der Waals surface area (Å²) in [6.07, 6.45) is 1.56. The van der Waals surface area contributed by atoms with Crippen LogP contribution in [0.4, 0.5) is 5.69 Å². The molecule has 0 aromatic carbocycles. The summed E-state index contributed by atoms with van der Waals surface area (Å²) in [6, 6.07) is 3.46. The van der Waals surface area contributed by atoms with Crippen LogP contribution < -0.4 is 16.4 Å². The van der Waals surface area contributed by atoms with Crippen LogP contribution >= 0.6 is 0 Å². The summed E-state index contributed by atoms with van der Waals surface area (Å²) in [6.45, 7) is 1.28. The standard InChI is InChI=1S/C9H14N4O/c1-13(5-3-10)7-2-4-12-8(6-7)9(11)14/h2,4,6H,3,5,10H2,1H3,(H2,11,14). The van der Waals surface area contributed by atoms with Gasteiger partial charge in [-0.05, 0) is 12.1 Å². The van der Waals surface area contributed by atoms with Crippen molar-refractivity contribution in [2.45, 2.75) is 0 Å². The third kappa shape index (κ3) is 2.43. The Hall–Kier alpha value is -1.62. The molecule has 0 spiro atoms. The fourth-order valence-corrected chi connectivity index (χ4v) is 1.11. The molecular weight excluding hydrogens is 180 g/mol. The lowest BCUT2D eigenvalue weighted by atomic mass is 10.3. The van der Waals surface area contributed by atoms with Gasteiger partial charge in [-0.25, -0.2) is 0 Å². The van der Waals surface area contributed by atoms with Crippen LogP contribution in [0.1, 0.15) is 10.5 Å². The third-order valence-electron chi connectivity index (χ3n) is 1.90. The van der Waals surface area contributed by atoms with Crippen LogP contribution in [0.2, 0.25) is 0 Å². The summed E-state index contributed by atoms with van der Waals surface area (Å²) in [5.41, 5.74) is 11.7. The molecule has 0 unspecified atom stereocenters. The summed E-state index contributed by atoms with van der Waals surface area (Å²) in [4.78, 5) is 16.6. The average molecular weight is 194 g/mol. The number of aromatic nitrogens is 1. The van der Waals surface area contributed by atoms with E-state index in [1.54, 1.807) is 12.3 Å². The molecule has 1 aromatic heterocycles. The maximum Gasteiger partial charge on any atom is 0.267 e. The van der Waals surface area contributed by atoms with E-state index in [0.717, 1.165) is 12.2 Å². The lowest BCUT2D eigenvalue weighted by Gasteiger charge is -2.18. The van der Waals surface area contributed by atoms with Crippen molar-refractivity contribution in [3.8, 4) is 0 Å². The summed E-state index contributed by atoms with van der Waals surface area (Å²) >= 11 is 0. The number of carbonyl (C=O) groups excluding carboxylic acids is 1. The van der Waals surface area contributed by atoms with Gasteiger partial charge in [-0.2, -0.15) is 0 Å². The van der Waals surface area contributed by atoms with Crippen LogP contribution in [-0.4, -0.2) is 31.0 Å². The lowest BCUT2D eigenvalue weighted by Crippen LogP contribution is -2.25. The highest BCUT2D eigenvalue weighted by Gasteiger charge is 2.05. The number of anilines is 1. The van der Waals surface area contributed by atoms with Gasteiger partial charge in [0.25, 0.3) is 5.91 Å². The largest absolute Gasteiger partial charge is 0.373 e. The van der Waals surface area contributed by atoms with Crippen molar-refractivity contribution in [1.82, 2.24) is 4.98 Å². The van der Waals surface area contributed by atoms with Gasteiger partial charge in [0.2, 0.25) is 0 Å². The van der Waals surface area contributed by atoms with Gasteiger partial charge in [0.15, 0.2) is 0 Å². The summed E-state index contributed by atoms with van der Waals surface area (Å²) in [5, 5.41) is 0. The molecule has 5 nitrogen and oxygen atoms in total. The van der Waals surface area contributed by atoms with E-state index < -0.39 is 5.91 Å². The second-order valence-electron chi connectivity index (χ2n) is 2.97. The molecule has 76 valence electrons. The number of amides is 1. The smallest absolute Gasteiger partial charge is 0.267 e. The molecule has 14 heavy (non-hydrogen) atoms. The molecule has 0 bridgehead atoms. The molecule has 0 saturated heterocycles. The molecule has 1 rings (SSSR count). The van der Waals surface area contributed by atoms with Crippen molar-refractivity contribution in [2.24, 2.45) is 11.5 Å². The zero-order valence-corrected chi connectivity index (χ0v) is 8.10. The van der Waals surface area contributed by atoms with Gasteiger partial charge in [0, 0.05) is 32.0 Å². The first-order valence-corrected chi connectivity index (χ1v) is 4.32. The van der Waals surface area contributed by atoms with Gasteiger partial charge >= 0.3 is 0 Å². The molecule has 1 amide bonds. The molecule has 0 saturated carbocycles. The number of hydrogen-bond donors (Lipinski definition) is 2. The fourth-order valence-electron chi connectivity index (χ4n) is 1.11. The van der Waals surface area contributed by atoms with Gasteiger partial charge in [0.05, 0.1) is 0 Å². The van der Waals surface area contributed by atoms with Crippen molar-refractivity contribution < 1.29 is 4.79 Å². The number of primary amides is 1. The highest BCUT2D eigenvalue weighted by atomic mass is 16.1. The number of carbonyl (C=O) groups is 1. The van der Waals surface area contributed by atoms with Crippen LogP contribution in [0.5, 0.6) is 0 Å².